The van der Waals surface area contributed by atoms with Gasteiger partial charge in [0, 0.05) is 25.6 Å². The number of nitrogens with zero attached hydrogens (tertiary/aromatic N) is 1. The number of rotatable bonds is 7. The molecule has 0 aliphatic rings. The number of benzene rings is 4. The van der Waals surface area contributed by atoms with Gasteiger partial charge >= 0.3 is 5.97 Å². The van der Waals surface area contributed by atoms with Crippen LogP contribution in [0.25, 0.3) is 0 Å². The van der Waals surface area contributed by atoms with Gasteiger partial charge in [-0.15, -0.1) is 0 Å². The van der Waals surface area contributed by atoms with E-state index in [1.165, 1.54) is 6.21 Å². The third kappa shape index (κ3) is 7.07. The van der Waals surface area contributed by atoms with Crippen LogP contribution in [0.5, 0.6) is 5.75 Å². The molecule has 7 nitrogen and oxygen atoms in total. The van der Waals surface area contributed by atoms with Crippen LogP contribution in [-0.2, 0) is 0 Å². The van der Waals surface area contributed by atoms with Crippen molar-refractivity contribution in [3.8, 4) is 5.75 Å². The van der Waals surface area contributed by atoms with Gasteiger partial charge in [-0.3, -0.25) is 9.59 Å². The van der Waals surface area contributed by atoms with Crippen LogP contribution in [0.2, 0.25) is 10.0 Å². The highest BCUT2D eigenvalue weighted by molar-refractivity contribution is 9.10. The molecule has 38 heavy (non-hydrogen) atoms. The summed E-state index contributed by atoms with van der Waals surface area (Å²) in [5.74, 6) is -1.29. The number of hydrazone groups is 1. The predicted molar refractivity (Wildman–Crippen MR) is 151 cm³/mol. The summed E-state index contributed by atoms with van der Waals surface area (Å²) in [6.45, 7) is 0. The SMILES string of the molecule is O=C(Nc1ccccc1C(=O)N/N=C\c1cc(Br)ccc1OC(=O)c1ccc(Cl)cc1)c1ccc(Cl)cc1. The molecule has 0 saturated heterocycles. The van der Waals surface area contributed by atoms with Crippen molar-refractivity contribution in [1.82, 2.24) is 5.43 Å². The second-order valence-electron chi connectivity index (χ2n) is 7.78. The van der Waals surface area contributed by atoms with E-state index in [0.717, 1.165) is 0 Å². The van der Waals surface area contributed by atoms with Crippen LogP contribution >= 0.6 is 39.1 Å². The maximum atomic E-state index is 12.9. The minimum absolute atomic E-state index is 0.204. The molecule has 10 heteroatoms. The molecule has 0 aliphatic carbocycles. The average molecular weight is 611 g/mol. The number of esters is 1. The third-order valence-electron chi connectivity index (χ3n) is 5.15. The topological polar surface area (TPSA) is 96.9 Å². The third-order valence-corrected chi connectivity index (χ3v) is 6.15. The van der Waals surface area contributed by atoms with Crippen molar-refractivity contribution in [2.24, 2.45) is 5.10 Å². The van der Waals surface area contributed by atoms with Gasteiger partial charge in [0.1, 0.15) is 5.75 Å². The van der Waals surface area contributed by atoms with Crippen LogP contribution in [0.4, 0.5) is 5.69 Å². The van der Waals surface area contributed by atoms with Crippen molar-refractivity contribution in [3.63, 3.8) is 0 Å². The minimum Gasteiger partial charge on any atom is -0.422 e. The zero-order valence-electron chi connectivity index (χ0n) is 19.5. The summed E-state index contributed by atoms with van der Waals surface area (Å²) in [5.41, 5.74) is 4.10. The molecule has 4 aromatic rings. The van der Waals surface area contributed by atoms with E-state index in [9.17, 15) is 14.4 Å². The quantitative estimate of drug-likeness (QED) is 0.102. The smallest absolute Gasteiger partial charge is 0.343 e. The average Bonchev–Trinajstić information content (AvgIpc) is 2.91. The lowest BCUT2D eigenvalue weighted by molar-refractivity contribution is 0.0733. The molecule has 2 amide bonds. The van der Waals surface area contributed by atoms with Gasteiger partial charge in [-0.2, -0.15) is 5.10 Å². The zero-order chi connectivity index (χ0) is 27.1. The Kier molecular flexibility index (Phi) is 8.91. The lowest BCUT2D eigenvalue weighted by atomic mass is 10.1. The minimum atomic E-state index is -0.576. The molecule has 0 saturated carbocycles. The Morgan fingerprint density at radius 3 is 2.11 bits per heavy atom. The van der Waals surface area contributed by atoms with E-state index >= 15 is 0 Å². The molecule has 0 atom stereocenters. The van der Waals surface area contributed by atoms with Crippen LogP contribution in [0.1, 0.15) is 36.6 Å². The number of halogens is 3. The number of carbonyl (C=O) groups excluding carboxylic acids is 3. The van der Waals surface area contributed by atoms with Gasteiger partial charge in [-0.25, -0.2) is 10.2 Å². The van der Waals surface area contributed by atoms with Crippen LogP contribution in [0, 0.1) is 0 Å². The summed E-state index contributed by atoms with van der Waals surface area (Å²) in [7, 11) is 0. The van der Waals surface area contributed by atoms with Crippen LogP contribution in [-0.4, -0.2) is 24.0 Å². The van der Waals surface area contributed by atoms with E-state index in [2.05, 4.69) is 31.8 Å². The first-order valence-electron chi connectivity index (χ1n) is 11.1. The van der Waals surface area contributed by atoms with Crippen molar-refractivity contribution in [2.45, 2.75) is 0 Å². The molecule has 0 bridgehead atoms. The molecule has 0 aliphatic heterocycles. The summed E-state index contributed by atoms with van der Waals surface area (Å²) >= 11 is 15.1. The van der Waals surface area contributed by atoms with Crippen LogP contribution in [0.3, 0.4) is 0 Å². The number of carbonyl (C=O) groups is 3. The second-order valence-corrected chi connectivity index (χ2v) is 9.57. The fourth-order valence-corrected chi connectivity index (χ4v) is 3.90. The molecule has 0 unspecified atom stereocenters. The second kappa shape index (κ2) is 12.5. The number of hydrogen-bond acceptors (Lipinski definition) is 5. The molecule has 4 rings (SSSR count). The Hall–Kier alpha value is -3.98. The van der Waals surface area contributed by atoms with E-state index in [4.69, 9.17) is 27.9 Å². The maximum Gasteiger partial charge on any atom is 0.343 e. The lowest BCUT2D eigenvalue weighted by Crippen LogP contribution is -2.21. The lowest BCUT2D eigenvalue weighted by Gasteiger charge is -2.10. The highest BCUT2D eigenvalue weighted by Gasteiger charge is 2.15. The van der Waals surface area contributed by atoms with Gasteiger partial charge in [0.2, 0.25) is 0 Å². The number of amides is 2. The summed E-state index contributed by atoms with van der Waals surface area (Å²) < 4.78 is 6.23. The van der Waals surface area contributed by atoms with Crippen LogP contribution < -0.4 is 15.5 Å². The fraction of sp³-hybridized carbons (Fsp3) is 0. The van der Waals surface area contributed by atoms with Crippen molar-refractivity contribution in [1.29, 1.82) is 0 Å². The van der Waals surface area contributed by atoms with Crippen molar-refractivity contribution in [3.05, 3.63) is 128 Å². The summed E-state index contributed by atoms with van der Waals surface area (Å²) in [6.07, 6.45) is 1.35. The molecule has 4 aromatic carbocycles. The molecule has 0 radical (unpaired) electrons. The summed E-state index contributed by atoms with van der Waals surface area (Å²) in [6, 6.07) is 24.2. The van der Waals surface area contributed by atoms with Gasteiger partial charge < -0.3 is 10.1 Å². The summed E-state index contributed by atoms with van der Waals surface area (Å²) in [5, 5.41) is 7.75. The Labute approximate surface area is 236 Å². The normalized spacial score (nSPS) is 10.7. The highest BCUT2D eigenvalue weighted by Crippen LogP contribution is 2.23. The molecule has 0 heterocycles. The number of anilines is 1. The highest BCUT2D eigenvalue weighted by atomic mass is 79.9. The predicted octanol–water partition coefficient (Wildman–Crippen LogP) is 6.99. The number of nitrogens with one attached hydrogen (secondary N) is 2. The van der Waals surface area contributed by atoms with Gasteiger partial charge in [0.25, 0.3) is 11.8 Å². The van der Waals surface area contributed by atoms with E-state index in [1.54, 1.807) is 91.0 Å². The largest absolute Gasteiger partial charge is 0.422 e. The first-order chi connectivity index (χ1) is 18.3. The first kappa shape index (κ1) is 27.1. The van der Waals surface area contributed by atoms with E-state index < -0.39 is 17.8 Å². The Morgan fingerprint density at radius 1 is 0.789 bits per heavy atom. The standard InChI is InChI=1S/C28H18BrCl2N3O4/c29-20-9-14-25(38-28(37)18-7-12-22(31)13-8-18)19(15-20)16-32-34-27(36)23-3-1-2-4-24(23)33-26(35)17-5-10-21(30)11-6-17/h1-16H,(H,33,35)(H,34,36)/b32-16-. The van der Waals surface area contributed by atoms with Gasteiger partial charge in [0.15, 0.2) is 0 Å². The fourth-order valence-electron chi connectivity index (χ4n) is 3.26. The maximum absolute atomic E-state index is 12.9. The first-order valence-corrected chi connectivity index (χ1v) is 12.6. The van der Waals surface area contributed by atoms with Crippen LogP contribution in [0.15, 0.2) is 101 Å². The molecule has 2 N–H and O–H groups in total. The van der Waals surface area contributed by atoms with E-state index in [-0.39, 0.29) is 11.3 Å². The number of para-hydroxylation sites is 1. The molecule has 190 valence electrons. The Balaban J connectivity index is 1.47. The molecular weight excluding hydrogens is 593 g/mol. The molecule has 0 aromatic heterocycles. The number of hydrogen-bond donors (Lipinski definition) is 2. The molecule has 0 spiro atoms. The van der Waals surface area contributed by atoms with Gasteiger partial charge in [0.05, 0.1) is 23.0 Å². The zero-order valence-corrected chi connectivity index (χ0v) is 22.5. The van der Waals surface area contributed by atoms with E-state index in [1.807, 2.05) is 0 Å². The number of ether oxygens (including phenoxy) is 1. The Morgan fingerprint density at radius 2 is 1.42 bits per heavy atom. The summed E-state index contributed by atoms with van der Waals surface area (Å²) in [4.78, 5) is 38.0. The van der Waals surface area contributed by atoms with Crippen molar-refractivity contribution >= 4 is 68.8 Å². The molecule has 0 fully saturated rings. The van der Waals surface area contributed by atoms with Gasteiger partial charge in [-0.05, 0) is 78.9 Å². The van der Waals surface area contributed by atoms with E-state index in [0.29, 0.717) is 36.9 Å². The Bertz CT molecular complexity index is 1520. The van der Waals surface area contributed by atoms with Gasteiger partial charge in [-0.1, -0.05) is 51.3 Å². The van der Waals surface area contributed by atoms with Crippen molar-refractivity contribution < 1.29 is 19.1 Å². The monoisotopic (exact) mass is 609 g/mol. The molecular formula is C28H18BrCl2N3O4. The van der Waals surface area contributed by atoms with Crippen molar-refractivity contribution in [2.75, 3.05) is 5.32 Å².